The van der Waals surface area contributed by atoms with Crippen LogP contribution in [0.5, 0.6) is 5.75 Å². The number of hydrogen-bond acceptors (Lipinski definition) is 7. The Morgan fingerprint density at radius 3 is 2.64 bits per heavy atom. The van der Waals surface area contributed by atoms with E-state index in [1.807, 2.05) is 29.9 Å². The van der Waals surface area contributed by atoms with E-state index in [1.165, 1.54) is 12.8 Å². The minimum absolute atomic E-state index is 0.137. The monoisotopic (exact) mass is 377 g/mol. The molecule has 3 atom stereocenters. The zero-order valence-electron chi connectivity index (χ0n) is 15.7. The quantitative estimate of drug-likeness (QED) is 0.720. The number of aromatic nitrogens is 5. The van der Waals surface area contributed by atoms with Crippen LogP contribution >= 0.6 is 0 Å². The fourth-order valence-corrected chi connectivity index (χ4v) is 4.37. The molecule has 2 bridgehead atoms. The zero-order chi connectivity index (χ0) is 19.1. The largest absolute Gasteiger partial charge is 0.507 e. The summed E-state index contributed by atoms with van der Waals surface area (Å²) in [6.07, 6.45) is 11.7. The van der Waals surface area contributed by atoms with Gasteiger partial charge in [0.1, 0.15) is 11.4 Å². The molecule has 2 aromatic heterocycles. The normalized spacial score (nSPS) is 23.7. The lowest BCUT2D eigenvalue weighted by Crippen LogP contribution is -2.47. The molecule has 4 heterocycles. The lowest BCUT2D eigenvalue weighted by molar-refractivity contribution is 0.352. The van der Waals surface area contributed by atoms with E-state index < -0.39 is 0 Å². The number of aromatic hydroxyl groups is 1. The zero-order valence-corrected chi connectivity index (χ0v) is 15.7. The number of benzene rings is 1. The molecule has 2 saturated heterocycles. The molecule has 0 saturated carbocycles. The van der Waals surface area contributed by atoms with Crippen molar-refractivity contribution in [3.05, 3.63) is 43.1 Å². The van der Waals surface area contributed by atoms with E-state index >= 15 is 0 Å². The summed E-state index contributed by atoms with van der Waals surface area (Å²) in [6, 6.07) is 7.08. The Morgan fingerprint density at radius 1 is 1.18 bits per heavy atom. The average molecular weight is 377 g/mol. The van der Waals surface area contributed by atoms with Crippen LogP contribution in [-0.2, 0) is 0 Å². The summed E-state index contributed by atoms with van der Waals surface area (Å²) in [4.78, 5) is 10.7. The Kier molecular flexibility index (Phi) is 4.20. The molecule has 144 valence electrons. The van der Waals surface area contributed by atoms with Crippen molar-refractivity contribution < 1.29 is 5.11 Å². The van der Waals surface area contributed by atoms with Gasteiger partial charge in [0, 0.05) is 49.2 Å². The Balaban J connectivity index is 1.35. The van der Waals surface area contributed by atoms with Gasteiger partial charge in [-0.05, 0) is 37.8 Å². The van der Waals surface area contributed by atoms with Gasteiger partial charge in [-0.3, -0.25) is 0 Å². The summed E-state index contributed by atoms with van der Waals surface area (Å²) in [7, 11) is 2.05. The Morgan fingerprint density at radius 2 is 2.00 bits per heavy atom. The number of fused-ring (bicyclic) bond motifs is 2. The molecule has 0 aliphatic carbocycles. The van der Waals surface area contributed by atoms with Crippen LogP contribution in [0.4, 0.5) is 5.95 Å². The molecule has 2 fully saturated rings. The van der Waals surface area contributed by atoms with Crippen molar-refractivity contribution in [2.45, 2.75) is 43.8 Å². The van der Waals surface area contributed by atoms with Gasteiger partial charge >= 0.3 is 0 Å². The van der Waals surface area contributed by atoms with E-state index in [4.69, 9.17) is 0 Å². The Labute approximate surface area is 163 Å². The van der Waals surface area contributed by atoms with Crippen LogP contribution in [0.15, 0.2) is 43.1 Å². The van der Waals surface area contributed by atoms with Crippen LogP contribution in [0.3, 0.4) is 0 Å². The maximum atomic E-state index is 10.4. The summed E-state index contributed by atoms with van der Waals surface area (Å²) < 4.78 is 1.83. The van der Waals surface area contributed by atoms with E-state index in [0.717, 1.165) is 18.5 Å². The van der Waals surface area contributed by atoms with Gasteiger partial charge in [0.25, 0.3) is 0 Å². The van der Waals surface area contributed by atoms with Crippen molar-refractivity contribution in [1.82, 2.24) is 30.0 Å². The predicted octanol–water partition coefficient (Wildman–Crippen LogP) is 2.15. The molecular formula is C20H23N7O. The van der Waals surface area contributed by atoms with Crippen molar-refractivity contribution in [3.8, 4) is 22.7 Å². The number of imidazole rings is 1. The summed E-state index contributed by atoms with van der Waals surface area (Å²) >= 11 is 0. The second-order valence-electron chi connectivity index (χ2n) is 7.69. The van der Waals surface area contributed by atoms with Gasteiger partial charge in [-0.1, -0.05) is 0 Å². The van der Waals surface area contributed by atoms with Crippen molar-refractivity contribution in [3.63, 3.8) is 0 Å². The summed E-state index contributed by atoms with van der Waals surface area (Å²) in [5, 5.41) is 22.8. The highest BCUT2D eigenvalue weighted by molar-refractivity contribution is 5.68. The molecule has 2 unspecified atom stereocenters. The molecule has 2 aliphatic heterocycles. The second kappa shape index (κ2) is 6.87. The van der Waals surface area contributed by atoms with Crippen LogP contribution in [-0.4, -0.2) is 55.0 Å². The van der Waals surface area contributed by atoms with Crippen LogP contribution in [0.2, 0.25) is 0 Å². The van der Waals surface area contributed by atoms with Crippen molar-refractivity contribution in [1.29, 1.82) is 0 Å². The average Bonchev–Trinajstić information content (AvgIpc) is 3.37. The van der Waals surface area contributed by atoms with E-state index in [2.05, 4.69) is 30.4 Å². The molecule has 8 nitrogen and oxygen atoms in total. The molecule has 2 aliphatic rings. The molecule has 2 N–H and O–H groups in total. The lowest BCUT2D eigenvalue weighted by atomic mass is 9.99. The number of phenolic OH excluding ortho intramolecular Hbond substituents is 1. The fraction of sp³-hybridized carbons (Fsp3) is 0.400. The number of nitrogens with zero attached hydrogens (tertiary/aromatic N) is 6. The first-order valence-electron chi connectivity index (χ1n) is 9.67. The van der Waals surface area contributed by atoms with Crippen molar-refractivity contribution >= 4 is 5.95 Å². The molecule has 0 amide bonds. The summed E-state index contributed by atoms with van der Waals surface area (Å²) in [5.74, 6) is 0.767. The highest BCUT2D eigenvalue weighted by atomic mass is 16.3. The van der Waals surface area contributed by atoms with Crippen LogP contribution in [0, 0.1) is 0 Å². The topological polar surface area (TPSA) is 92.0 Å². The Hall–Kier alpha value is -3.00. The van der Waals surface area contributed by atoms with Gasteiger partial charge in [0.05, 0.1) is 18.2 Å². The molecule has 5 rings (SSSR count). The summed E-state index contributed by atoms with van der Waals surface area (Å²) in [5.41, 5.74) is 1.99. The molecule has 3 aromatic rings. The minimum Gasteiger partial charge on any atom is -0.507 e. The molecule has 0 radical (unpaired) electrons. The van der Waals surface area contributed by atoms with Crippen LogP contribution in [0.25, 0.3) is 16.9 Å². The lowest BCUT2D eigenvalue weighted by Gasteiger charge is -2.35. The van der Waals surface area contributed by atoms with Gasteiger partial charge in [0.15, 0.2) is 0 Å². The van der Waals surface area contributed by atoms with Crippen molar-refractivity contribution in [2.75, 3.05) is 11.9 Å². The Bertz CT molecular complexity index is 945. The first-order valence-corrected chi connectivity index (χ1v) is 9.67. The number of rotatable bonds is 4. The maximum absolute atomic E-state index is 10.4. The van der Waals surface area contributed by atoms with E-state index in [9.17, 15) is 5.11 Å². The number of piperidine rings is 1. The third-order valence-corrected chi connectivity index (χ3v) is 5.92. The van der Waals surface area contributed by atoms with E-state index in [1.54, 1.807) is 24.8 Å². The van der Waals surface area contributed by atoms with E-state index in [0.29, 0.717) is 35.3 Å². The standard InChI is InChI=1S/C20H23N7O/c1-26(16-8-13-2-3-14(9-16)23-13)20-22-11-18(24-25-20)17-5-4-15(10-19(17)28)27-7-6-21-12-27/h4-7,10-14,16,23,28H,2-3,8-9H2,1H3/t13-,14?,16?/m0/s1. The highest BCUT2D eigenvalue weighted by Crippen LogP contribution is 2.32. The highest BCUT2D eigenvalue weighted by Gasteiger charge is 2.35. The molecular weight excluding hydrogens is 354 g/mol. The van der Waals surface area contributed by atoms with E-state index in [-0.39, 0.29) is 5.75 Å². The van der Waals surface area contributed by atoms with Gasteiger partial charge in [-0.2, -0.15) is 0 Å². The second-order valence-corrected chi connectivity index (χ2v) is 7.69. The number of anilines is 1. The van der Waals surface area contributed by atoms with Gasteiger partial charge < -0.3 is 19.9 Å². The third-order valence-electron chi connectivity index (χ3n) is 5.92. The number of hydrogen-bond donors (Lipinski definition) is 2. The molecule has 8 heteroatoms. The molecule has 0 spiro atoms. The molecule has 28 heavy (non-hydrogen) atoms. The maximum Gasteiger partial charge on any atom is 0.245 e. The van der Waals surface area contributed by atoms with Gasteiger partial charge in [-0.25, -0.2) is 9.97 Å². The third kappa shape index (κ3) is 3.09. The SMILES string of the molecule is CN(c1ncc(-c2ccc(-n3ccnc3)cc2O)nn1)C1CC2CC[C@@H](C1)N2. The van der Waals surface area contributed by atoms with Gasteiger partial charge in [0.2, 0.25) is 5.95 Å². The first-order chi connectivity index (χ1) is 13.7. The summed E-state index contributed by atoms with van der Waals surface area (Å²) in [6.45, 7) is 0. The van der Waals surface area contributed by atoms with Gasteiger partial charge in [-0.15, -0.1) is 10.2 Å². The fourth-order valence-electron chi connectivity index (χ4n) is 4.37. The first kappa shape index (κ1) is 17.1. The van der Waals surface area contributed by atoms with Crippen molar-refractivity contribution in [2.24, 2.45) is 0 Å². The minimum atomic E-state index is 0.137. The van der Waals surface area contributed by atoms with Crippen LogP contribution in [0.1, 0.15) is 25.7 Å². The smallest absolute Gasteiger partial charge is 0.245 e. The number of nitrogens with one attached hydrogen (secondary N) is 1. The predicted molar refractivity (Wildman–Crippen MR) is 105 cm³/mol. The number of phenols is 1. The van der Waals surface area contributed by atoms with Crippen LogP contribution < -0.4 is 10.2 Å². The molecule has 1 aromatic carbocycles.